The van der Waals surface area contributed by atoms with E-state index in [9.17, 15) is 9.59 Å². The largest absolute Gasteiger partial charge is 0.478 e. The second-order valence-electron chi connectivity index (χ2n) is 6.05. The number of methoxy groups -OCH3 is 1. The molecule has 0 aliphatic carbocycles. The van der Waals surface area contributed by atoms with E-state index in [2.05, 4.69) is 4.98 Å². The van der Waals surface area contributed by atoms with Crippen LogP contribution in [-0.2, 0) is 11.3 Å². The minimum absolute atomic E-state index is 0.160. The van der Waals surface area contributed by atoms with Crippen LogP contribution in [0.2, 0.25) is 0 Å². The van der Waals surface area contributed by atoms with Gasteiger partial charge < -0.3 is 14.3 Å². The van der Waals surface area contributed by atoms with Crippen molar-refractivity contribution in [2.45, 2.75) is 6.54 Å². The fraction of sp³-hybridized carbons (Fsp3) is 0.150. The van der Waals surface area contributed by atoms with Crippen LogP contribution in [0.25, 0.3) is 33.3 Å². The first-order chi connectivity index (χ1) is 13.1. The summed E-state index contributed by atoms with van der Waals surface area (Å²) in [5.74, 6) is -1.02. The first kappa shape index (κ1) is 17.0. The van der Waals surface area contributed by atoms with E-state index in [-0.39, 0.29) is 5.56 Å². The Bertz CT molecular complexity index is 1200. The molecule has 2 heterocycles. The van der Waals surface area contributed by atoms with Crippen LogP contribution in [0, 0.1) is 0 Å². The molecule has 27 heavy (non-hydrogen) atoms. The predicted octanol–water partition coefficient (Wildman–Crippen LogP) is 3.15. The third-order valence-electron chi connectivity index (χ3n) is 4.42. The molecule has 4 aromatic rings. The van der Waals surface area contributed by atoms with Gasteiger partial charge in [0, 0.05) is 18.1 Å². The lowest BCUT2D eigenvalue weighted by molar-refractivity contribution is 0.0697. The zero-order valence-corrected chi connectivity index (χ0v) is 14.5. The maximum atomic E-state index is 12.7. The molecule has 1 N–H and O–H groups in total. The SMILES string of the molecule is COCCn1c(=O)nc(-c2ccc(C(=O)O)cc2)c2oc3ccccc3c21. The zero-order chi connectivity index (χ0) is 19.0. The van der Waals surface area contributed by atoms with Crippen molar-refractivity contribution in [2.24, 2.45) is 0 Å². The van der Waals surface area contributed by atoms with Crippen LogP contribution in [0.5, 0.6) is 0 Å². The van der Waals surface area contributed by atoms with Crippen LogP contribution >= 0.6 is 0 Å². The molecular formula is C20H16N2O5. The Kier molecular flexibility index (Phi) is 4.21. The number of carboxylic acid groups (broad SMARTS) is 1. The number of hydrogen-bond acceptors (Lipinski definition) is 5. The van der Waals surface area contributed by atoms with Gasteiger partial charge in [0.2, 0.25) is 0 Å². The Morgan fingerprint density at radius 3 is 2.63 bits per heavy atom. The first-order valence-electron chi connectivity index (χ1n) is 8.35. The number of fused-ring (bicyclic) bond motifs is 3. The zero-order valence-electron chi connectivity index (χ0n) is 14.5. The normalized spacial score (nSPS) is 11.3. The van der Waals surface area contributed by atoms with Gasteiger partial charge in [-0.2, -0.15) is 4.98 Å². The van der Waals surface area contributed by atoms with E-state index in [1.807, 2.05) is 24.3 Å². The van der Waals surface area contributed by atoms with Gasteiger partial charge in [0.1, 0.15) is 16.8 Å². The number of carboxylic acids is 1. The number of carbonyl (C=O) groups is 1. The minimum atomic E-state index is -1.02. The number of para-hydroxylation sites is 1. The number of ether oxygens (including phenoxy) is 1. The molecule has 0 aliphatic heterocycles. The topological polar surface area (TPSA) is 94.6 Å². The quantitative estimate of drug-likeness (QED) is 0.584. The van der Waals surface area contributed by atoms with Crippen molar-refractivity contribution >= 4 is 28.0 Å². The summed E-state index contributed by atoms with van der Waals surface area (Å²) in [7, 11) is 1.57. The van der Waals surface area contributed by atoms with Gasteiger partial charge in [-0.3, -0.25) is 4.57 Å². The lowest BCUT2D eigenvalue weighted by Crippen LogP contribution is -2.25. The number of hydrogen-bond donors (Lipinski definition) is 1. The number of benzene rings is 2. The average Bonchev–Trinajstić information content (AvgIpc) is 3.06. The minimum Gasteiger partial charge on any atom is -0.478 e. The van der Waals surface area contributed by atoms with Crippen LogP contribution in [0.15, 0.2) is 57.7 Å². The number of rotatable bonds is 5. The van der Waals surface area contributed by atoms with Gasteiger partial charge in [-0.05, 0) is 24.3 Å². The highest BCUT2D eigenvalue weighted by Gasteiger charge is 2.19. The number of aromatic carboxylic acids is 1. The molecule has 0 spiro atoms. The highest BCUT2D eigenvalue weighted by Crippen LogP contribution is 2.33. The van der Waals surface area contributed by atoms with E-state index >= 15 is 0 Å². The Labute approximate surface area is 153 Å². The monoisotopic (exact) mass is 364 g/mol. The molecule has 0 unspecified atom stereocenters. The highest BCUT2D eigenvalue weighted by molar-refractivity contribution is 6.06. The van der Waals surface area contributed by atoms with Crippen molar-refractivity contribution in [3.8, 4) is 11.3 Å². The molecule has 2 aromatic heterocycles. The summed E-state index contributed by atoms with van der Waals surface area (Å²) in [6.07, 6.45) is 0. The van der Waals surface area contributed by atoms with E-state index < -0.39 is 11.7 Å². The molecule has 0 atom stereocenters. The molecular weight excluding hydrogens is 348 g/mol. The van der Waals surface area contributed by atoms with E-state index in [1.54, 1.807) is 23.8 Å². The van der Waals surface area contributed by atoms with Gasteiger partial charge in [-0.25, -0.2) is 9.59 Å². The standard InChI is InChI=1S/C20H16N2O5/c1-26-11-10-22-17-14-4-2-3-5-15(14)27-18(17)16(21-20(22)25)12-6-8-13(9-7-12)19(23)24/h2-9H,10-11H2,1H3,(H,23,24). The summed E-state index contributed by atoms with van der Waals surface area (Å²) < 4.78 is 12.7. The van der Waals surface area contributed by atoms with Crippen LogP contribution in [0.4, 0.5) is 0 Å². The molecule has 0 fully saturated rings. The molecule has 0 saturated carbocycles. The summed E-state index contributed by atoms with van der Waals surface area (Å²) in [6.45, 7) is 0.712. The molecule has 7 heteroatoms. The molecule has 136 valence electrons. The van der Waals surface area contributed by atoms with Crippen LogP contribution in [-0.4, -0.2) is 34.3 Å². The Hall–Kier alpha value is -3.45. The fourth-order valence-electron chi connectivity index (χ4n) is 3.12. The van der Waals surface area contributed by atoms with Gasteiger partial charge in [0.25, 0.3) is 0 Å². The van der Waals surface area contributed by atoms with Gasteiger partial charge in [0.15, 0.2) is 5.58 Å². The number of aromatic nitrogens is 2. The summed E-state index contributed by atoms with van der Waals surface area (Å²) in [4.78, 5) is 28.0. The summed E-state index contributed by atoms with van der Waals surface area (Å²) in [6, 6.07) is 13.7. The lowest BCUT2D eigenvalue weighted by Gasteiger charge is -2.09. The fourth-order valence-corrected chi connectivity index (χ4v) is 3.12. The van der Waals surface area contributed by atoms with Gasteiger partial charge >= 0.3 is 11.7 Å². The van der Waals surface area contributed by atoms with Crippen molar-refractivity contribution in [3.05, 3.63) is 64.6 Å². The number of nitrogens with zero attached hydrogens (tertiary/aromatic N) is 2. The summed E-state index contributed by atoms with van der Waals surface area (Å²) in [5.41, 5.74) is 2.53. The second kappa shape index (κ2) is 6.69. The van der Waals surface area contributed by atoms with E-state index in [0.717, 1.165) is 5.39 Å². The number of furan rings is 1. The third-order valence-corrected chi connectivity index (χ3v) is 4.42. The summed E-state index contributed by atoms with van der Waals surface area (Å²) >= 11 is 0. The van der Waals surface area contributed by atoms with Gasteiger partial charge in [0.05, 0.1) is 18.7 Å². The molecule has 0 amide bonds. The van der Waals surface area contributed by atoms with Crippen molar-refractivity contribution < 1.29 is 19.1 Å². The highest BCUT2D eigenvalue weighted by atomic mass is 16.5. The Balaban J connectivity index is 2.02. The molecule has 7 nitrogen and oxygen atoms in total. The van der Waals surface area contributed by atoms with Crippen LogP contribution < -0.4 is 5.69 Å². The Morgan fingerprint density at radius 1 is 1.19 bits per heavy atom. The third kappa shape index (κ3) is 2.88. The smallest absolute Gasteiger partial charge is 0.348 e. The van der Waals surface area contributed by atoms with E-state index in [1.165, 1.54) is 12.1 Å². The van der Waals surface area contributed by atoms with E-state index in [4.69, 9.17) is 14.3 Å². The van der Waals surface area contributed by atoms with E-state index in [0.29, 0.717) is 41.1 Å². The van der Waals surface area contributed by atoms with Crippen molar-refractivity contribution in [3.63, 3.8) is 0 Å². The average molecular weight is 364 g/mol. The lowest BCUT2D eigenvalue weighted by atomic mass is 10.1. The Morgan fingerprint density at radius 2 is 1.93 bits per heavy atom. The molecule has 0 saturated heterocycles. The van der Waals surface area contributed by atoms with Crippen LogP contribution in [0.3, 0.4) is 0 Å². The van der Waals surface area contributed by atoms with Crippen molar-refractivity contribution in [2.75, 3.05) is 13.7 Å². The maximum Gasteiger partial charge on any atom is 0.348 e. The van der Waals surface area contributed by atoms with Gasteiger partial charge in [-0.1, -0.05) is 24.3 Å². The molecule has 2 aromatic carbocycles. The molecule has 0 radical (unpaired) electrons. The predicted molar refractivity (Wildman–Crippen MR) is 100 cm³/mol. The first-order valence-corrected chi connectivity index (χ1v) is 8.35. The second-order valence-corrected chi connectivity index (χ2v) is 6.05. The summed E-state index contributed by atoms with van der Waals surface area (Å²) in [5, 5.41) is 9.89. The van der Waals surface area contributed by atoms with Gasteiger partial charge in [-0.15, -0.1) is 0 Å². The molecule has 0 aliphatic rings. The maximum absolute atomic E-state index is 12.7. The van der Waals surface area contributed by atoms with Crippen molar-refractivity contribution in [1.82, 2.24) is 9.55 Å². The van der Waals surface area contributed by atoms with Crippen molar-refractivity contribution in [1.29, 1.82) is 0 Å². The molecule has 0 bridgehead atoms. The molecule has 4 rings (SSSR count). The van der Waals surface area contributed by atoms with Crippen LogP contribution in [0.1, 0.15) is 10.4 Å².